The Kier molecular flexibility index (Phi) is 6.53. The summed E-state index contributed by atoms with van der Waals surface area (Å²) in [5.74, 6) is -0.169. The van der Waals surface area contributed by atoms with E-state index in [1.165, 1.54) is 5.56 Å². The summed E-state index contributed by atoms with van der Waals surface area (Å²) in [5.41, 5.74) is 3.67. The smallest absolute Gasteiger partial charge is 0.269 e. The minimum absolute atomic E-state index is 0.137. The Balaban J connectivity index is 1.92. The average molecular weight is 341 g/mol. The SMILES string of the molecule is COCCCNC(=O)c1ccc(Nc2ccc(C(C)(C)C)cc2)cn1. The molecule has 2 aromatic rings. The van der Waals surface area contributed by atoms with Crippen LogP contribution in [0.3, 0.4) is 0 Å². The van der Waals surface area contributed by atoms with Crippen molar-refractivity contribution in [2.24, 2.45) is 0 Å². The number of carbonyl (C=O) groups is 1. The Bertz CT molecular complexity index is 674. The molecule has 134 valence electrons. The van der Waals surface area contributed by atoms with Crippen LogP contribution in [0.5, 0.6) is 0 Å². The molecule has 0 unspecified atom stereocenters. The zero-order chi connectivity index (χ0) is 18.3. The number of methoxy groups -OCH3 is 1. The van der Waals surface area contributed by atoms with Crippen molar-refractivity contribution in [3.05, 3.63) is 53.9 Å². The van der Waals surface area contributed by atoms with Crippen LogP contribution in [0.25, 0.3) is 0 Å². The van der Waals surface area contributed by atoms with E-state index in [-0.39, 0.29) is 11.3 Å². The van der Waals surface area contributed by atoms with Crippen LogP contribution in [0.15, 0.2) is 42.6 Å². The molecule has 0 aliphatic carbocycles. The number of benzene rings is 1. The zero-order valence-corrected chi connectivity index (χ0v) is 15.4. The largest absolute Gasteiger partial charge is 0.385 e. The van der Waals surface area contributed by atoms with Gasteiger partial charge in [-0.25, -0.2) is 4.98 Å². The molecule has 0 aliphatic rings. The molecule has 1 heterocycles. The van der Waals surface area contributed by atoms with Crippen LogP contribution in [0, 0.1) is 0 Å². The number of nitrogens with zero attached hydrogens (tertiary/aromatic N) is 1. The Hall–Kier alpha value is -2.40. The topological polar surface area (TPSA) is 63.2 Å². The Morgan fingerprint density at radius 2 is 1.76 bits per heavy atom. The van der Waals surface area contributed by atoms with E-state index in [1.807, 2.05) is 6.07 Å². The summed E-state index contributed by atoms with van der Waals surface area (Å²) >= 11 is 0. The third-order valence-electron chi connectivity index (χ3n) is 3.85. The van der Waals surface area contributed by atoms with Gasteiger partial charge in [0.05, 0.1) is 11.9 Å². The molecule has 0 spiro atoms. The van der Waals surface area contributed by atoms with Crippen molar-refractivity contribution in [1.29, 1.82) is 0 Å². The second-order valence-corrected chi connectivity index (χ2v) is 6.99. The first-order chi connectivity index (χ1) is 11.9. The predicted octanol–water partition coefficient (Wildman–Crippen LogP) is 3.89. The molecule has 5 nitrogen and oxygen atoms in total. The highest BCUT2D eigenvalue weighted by molar-refractivity contribution is 5.92. The summed E-state index contributed by atoms with van der Waals surface area (Å²) in [6.45, 7) is 7.79. The van der Waals surface area contributed by atoms with Gasteiger partial charge in [0.25, 0.3) is 5.91 Å². The summed E-state index contributed by atoms with van der Waals surface area (Å²) in [6.07, 6.45) is 2.45. The molecule has 0 bridgehead atoms. The lowest BCUT2D eigenvalue weighted by Crippen LogP contribution is -2.26. The number of anilines is 2. The van der Waals surface area contributed by atoms with Gasteiger partial charge in [0.1, 0.15) is 5.69 Å². The maximum Gasteiger partial charge on any atom is 0.269 e. The second kappa shape index (κ2) is 8.62. The lowest BCUT2D eigenvalue weighted by atomic mass is 9.87. The first-order valence-electron chi connectivity index (χ1n) is 8.51. The number of hydrogen-bond acceptors (Lipinski definition) is 4. The van der Waals surface area contributed by atoms with Crippen LogP contribution in [-0.2, 0) is 10.2 Å². The van der Waals surface area contributed by atoms with E-state index in [9.17, 15) is 4.79 Å². The van der Waals surface area contributed by atoms with Crippen LogP contribution in [0.4, 0.5) is 11.4 Å². The lowest BCUT2D eigenvalue weighted by molar-refractivity contribution is 0.0943. The third-order valence-corrected chi connectivity index (χ3v) is 3.85. The Morgan fingerprint density at radius 3 is 2.32 bits per heavy atom. The van der Waals surface area contributed by atoms with Crippen molar-refractivity contribution >= 4 is 17.3 Å². The van der Waals surface area contributed by atoms with Gasteiger partial charge in [-0.05, 0) is 41.7 Å². The van der Waals surface area contributed by atoms with Gasteiger partial charge in [-0.15, -0.1) is 0 Å². The predicted molar refractivity (Wildman–Crippen MR) is 101 cm³/mol. The molecule has 0 saturated carbocycles. The molecule has 1 aromatic carbocycles. The molecule has 0 atom stereocenters. The van der Waals surface area contributed by atoms with Crippen LogP contribution in [-0.4, -0.2) is 31.2 Å². The zero-order valence-electron chi connectivity index (χ0n) is 15.4. The standard InChI is InChI=1S/C20H27N3O2/c1-20(2,3)15-6-8-16(9-7-15)23-17-10-11-18(22-14-17)19(24)21-12-5-13-25-4/h6-11,14,23H,5,12-13H2,1-4H3,(H,21,24). The van der Waals surface area contributed by atoms with Crippen LogP contribution < -0.4 is 10.6 Å². The highest BCUT2D eigenvalue weighted by atomic mass is 16.5. The number of pyridine rings is 1. The fraction of sp³-hybridized carbons (Fsp3) is 0.400. The van der Waals surface area contributed by atoms with E-state index in [1.54, 1.807) is 19.4 Å². The van der Waals surface area contributed by atoms with E-state index >= 15 is 0 Å². The maximum absolute atomic E-state index is 12.0. The van der Waals surface area contributed by atoms with Crippen LogP contribution >= 0.6 is 0 Å². The third kappa shape index (κ3) is 5.87. The number of nitrogens with one attached hydrogen (secondary N) is 2. The Morgan fingerprint density at radius 1 is 1.08 bits per heavy atom. The molecule has 0 saturated heterocycles. The molecule has 1 aromatic heterocycles. The summed E-state index contributed by atoms with van der Waals surface area (Å²) in [6, 6.07) is 11.9. The molecule has 0 fully saturated rings. The van der Waals surface area contributed by atoms with Gasteiger partial charge in [-0.2, -0.15) is 0 Å². The number of rotatable bonds is 7. The highest BCUT2D eigenvalue weighted by Crippen LogP contribution is 2.24. The summed E-state index contributed by atoms with van der Waals surface area (Å²) in [4.78, 5) is 16.2. The number of ether oxygens (including phenoxy) is 1. The van der Waals surface area contributed by atoms with Crippen molar-refractivity contribution in [2.45, 2.75) is 32.6 Å². The minimum Gasteiger partial charge on any atom is -0.385 e. The number of amides is 1. The molecule has 0 aliphatic heterocycles. The minimum atomic E-state index is -0.169. The normalized spacial score (nSPS) is 11.2. The van der Waals surface area contributed by atoms with Crippen molar-refractivity contribution in [1.82, 2.24) is 10.3 Å². The average Bonchev–Trinajstić information content (AvgIpc) is 2.59. The quantitative estimate of drug-likeness (QED) is 0.750. The number of hydrogen-bond donors (Lipinski definition) is 2. The fourth-order valence-electron chi connectivity index (χ4n) is 2.33. The van der Waals surface area contributed by atoms with Gasteiger partial charge >= 0.3 is 0 Å². The van der Waals surface area contributed by atoms with E-state index in [2.05, 4.69) is 60.7 Å². The molecule has 5 heteroatoms. The van der Waals surface area contributed by atoms with Gasteiger partial charge in [0, 0.05) is 25.9 Å². The van der Waals surface area contributed by atoms with E-state index < -0.39 is 0 Å². The summed E-state index contributed by atoms with van der Waals surface area (Å²) < 4.78 is 4.95. The van der Waals surface area contributed by atoms with Crippen molar-refractivity contribution < 1.29 is 9.53 Å². The summed E-state index contributed by atoms with van der Waals surface area (Å²) in [7, 11) is 1.64. The molecule has 0 radical (unpaired) electrons. The van der Waals surface area contributed by atoms with E-state index in [0.29, 0.717) is 18.8 Å². The first-order valence-corrected chi connectivity index (χ1v) is 8.51. The number of aromatic nitrogens is 1. The second-order valence-electron chi connectivity index (χ2n) is 6.99. The molecule has 2 N–H and O–H groups in total. The van der Waals surface area contributed by atoms with Crippen LogP contribution in [0.1, 0.15) is 43.2 Å². The molecular formula is C20H27N3O2. The highest BCUT2D eigenvalue weighted by Gasteiger charge is 2.13. The summed E-state index contributed by atoms with van der Waals surface area (Å²) in [5, 5.41) is 6.12. The van der Waals surface area contributed by atoms with Gasteiger partial charge in [0.2, 0.25) is 0 Å². The maximum atomic E-state index is 12.0. The van der Waals surface area contributed by atoms with Crippen molar-refractivity contribution in [2.75, 3.05) is 25.6 Å². The van der Waals surface area contributed by atoms with Crippen molar-refractivity contribution in [3.63, 3.8) is 0 Å². The van der Waals surface area contributed by atoms with Crippen LogP contribution in [0.2, 0.25) is 0 Å². The van der Waals surface area contributed by atoms with E-state index in [0.717, 1.165) is 17.8 Å². The van der Waals surface area contributed by atoms with E-state index in [4.69, 9.17) is 4.74 Å². The monoisotopic (exact) mass is 341 g/mol. The lowest BCUT2D eigenvalue weighted by Gasteiger charge is -2.19. The van der Waals surface area contributed by atoms with Gasteiger partial charge in [-0.3, -0.25) is 4.79 Å². The van der Waals surface area contributed by atoms with Gasteiger partial charge < -0.3 is 15.4 Å². The Labute approximate surface area is 149 Å². The van der Waals surface area contributed by atoms with Gasteiger partial charge in [0.15, 0.2) is 0 Å². The molecule has 25 heavy (non-hydrogen) atoms. The number of carbonyl (C=O) groups excluding carboxylic acids is 1. The van der Waals surface area contributed by atoms with Gasteiger partial charge in [-0.1, -0.05) is 32.9 Å². The molecular weight excluding hydrogens is 314 g/mol. The molecule has 2 rings (SSSR count). The van der Waals surface area contributed by atoms with Crippen molar-refractivity contribution in [3.8, 4) is 0 Å². The molecule has 1 amide bonds. The first kappa shape index (κ1) is 18.9. The fourth-order valence-corrected chi connectivity index (χ4v) is 2.33.